The molecule has 1 aromatic heterocycles. The summed E-state index contributed by atoms with van der Waals surface area (Å²) in [5.74, 6) is 1.57. The molecule has 0 saturated heterocycles. The Morgan fingerprint density at radius 3 is 2.83 bits per heavy atom. The molecule has 2 rings (SSSR count). The molecular formula is C13H21N3O2. The molecular weight excluding hydrogens is 230 g/mol. The first-order valence-electron chi connectivity index (χ1n) is 6.60. The monoisotopic (exact) mass is 251 g/mol. The molecule has 5 heteroatoms. The van der Waals surface area contributed by atoms with Crippen LogP contribution in [0.5, 0.6) is 11.8 Å². The van der Waals surface area contributed by atoms with Gasteiger partial charge in [0.2, 0.25) is 11.8 Å². The van der Waals surface area contributed by atoms with E-state index in [0.717, 1.165) is 12.8 Å². The number of ether oxygens (including phenoxy) is 2. The highest BCUT2D eigenvalue weighted by Crippen LogP contribution is 2.31. The number of aromatic nitrogens is 2. The zero-order valence-electron chi connectivity index (χ0n) is 11.1. The summed E-state index contributed by atoms with van der Waals surface area (Å²) < 4.78 is 11.2. The van der Waals surface area contributed by atoms with E-state index in [0.29, 0.717) is 30.0 Å². The Morgan fingerprint density at radius 1 is 1.33 bits per heavy atom. The van der Waals surface area contributed by atoms with E-state index in [1.807, 2.05) is 6.92 Å². The Labute approximate surface area is 108 Å². The van der Waals surface area contributed by atoms with Crippen molar-refractivity contribution in [3.63, 3.8) is 0 Å². The van der Waals surface area contributed by atoms with Gasteiger partial charge < -0.3 is 15.2 Å². The van der Waals surface area contributed by atoms with Crippen LogP contribution in [0.15, 0.2) is 6.33 Å². The van der Waals surface area contributed by atoms with Crippen molar-refractivity contribution in [2.75, 3.05) is 12.3 Å². The van der Waals surface area contributed by atoms with Gasteiger partial charge in [-0.05, 0) is 32.1 Å². The molecule has 1 fully saturated rings. The van der Waals surface area contributed by atoms with Gasteiger partial charge in [0, 0.05) is 0 Å². The first-order valence-corrected chi connectivity index (χ1v) is 6.60. The average molecular weight is 251 g/mol. The van der Waals surface area contributed by atoms with E-state index in [4.69, 9.17) is 15.2 Å². The molecule has 0 amide bonds. The van der Waals surface area contributed by atoms with Gasteiger partial charge >= 0.3 is 0 Å². The molecule has 2 N–H and O–H groups in total. The lowest BCUT2D eigenvalue weighted by molar-refractivity contribution is 0.124. The highest BCUT2D eigenvalue weighted by atomic mass is 16.5. The first-order chi connectivity index (χ1) is 8.70. The molecule has 1 aliphatic carbocycles. The van der Waals surface area contributed by atoms with Crippen molar-refractivity contribution in [3.8, 4) is 11.8 Å². The SMILES string of the molecule is CCOc1ncnc(OC2CCCC(C)C2)c1N. The van der Waals surface area contributed by atoms with Crippen LogP contribution in [0, 0.1) is 5.92 Å². The van der Waals surface area contributed by atoms with Crippen molar-refractivity contribution in [1.29, 1.82) is 0 Å². The van der Waals surface area contributed by atoms with Crippen molar-refractivity contribution in [2.24, 2.45) is 5.92 Å². The fourth-order valence-corrected chi connectivity index (χ4v) is 2.35. The Bertz CT molecular complexity index is 398. The third-order valence-electron chi connectivity index (χ3n) is 3.26. The predicted octanol–water partition coefficient (Wildman–Crippen LogP) is 2.42. The summed E-state index contributed by atoms with van der Waals surface area (Å²) in [6, 6.07) is 0. The minimum absolute atomic E-state index is 0.209. The summed E-state index contributed by atoms with van der Waals surface area (Å²) in [6.45, 7) is 4.68. The topological polar surface area (TPSA) is 70.3 Å². The molecule has 1 aromatic rings. The lowest BCUT2D eigenvalue weighted by Crippen LogP contribution is -2.25. The van der Waals surface area contributed by atoms with Gasteiger partial charge in [0.1, 0.15) is 12.4 Å². The van der Waals surface area contributed by atoms with Gasteiger partial charge in [-0.3, -0.25) is 0 Å². The van der Waals surface area contributed by atoms with E-state index in [9.17, 15) is 0 Å². The molecule has 1 aliphatic rings. The smallest absolute Gasteiger partial charge is 0.244 e. The van der Waals surface area contributed by atoms with Crippen molar-refractivity contribution in [2.45, 2.75) is 45.6 Å². The minimum Gasteiger partial charge on any atom is -0.476 e. The highest BCUT2D eigenvalue weighted by Gasteiger charge is 2.22. The van der Waals surface area contributed by atoms with Crippen LogP contribution in [0.1, 0.15) is 39.5 Å². The summed E-state index contributed by atoms with van der Waals surface area (Å²) in [5.41, 5.74) is 6.35. The van der Waals surface area contributed by atoms with E-state index < -0.39 is 0 Å². The van der Waals surface area contributed by atoms with Crippen LogP contribution < -0.4 is 15.2 Å². The molecule has 0 aliphatic heterocycles. The van der Waals surface area contributed by atoms with Crippen LogP contribution in [-0.2, 0) is 0 Å². The lowest BCUT2D eigenvalue weighted by atomic mass is 9.89. The van der Waals surface area contributed by atoms with Crippen LogP contribution in [0.3, 0.4) is 0 Å². The van der Waals surface area contributed by atoms with Gasteiger partial charge in [0.15, 0.2) is 5.69 Å². The molecule has 1 saturated carbocycles. The molecule has 0 radical (unpaired) electrons. The first kappa shape index (κ1) is 12.9. The van der Waals surface area contributed by atoms with Crippen molar-refractivity contribution >= 4 is 5.69 Å². The van der Waals surface area contributed by atoms with Gasteiger partial charge in [0.05, 0.1) is 6.61 Å². The number of hydrogen-bond donors (Lipinski definition) is 1. The quantitative estimate of drug-likeness (QED) is 0.889. The van der Waals surface area contributed by atoms with E-state index in [-0.39, 0.29) is 6.10 Å². The normalized spacial score (nSPS) is 23.7. The Balaban J connectivity index is 2.06. The lowest BCUT2D eigenvalue weighted by Gasteiger charge is -2.27. The summed E-state index contributed by atoms with van der Waals surface area (Å²) in [5, 5.41) is 0. The number of anilines is 1. The van der Waals surface area contributed by atoms with E-state index >= 15 is 0 Å². The second-order valence-electron chi connectivity index (χ2n) is 4.84. The number of hydrogen-bond acceptors (Lipinski definition) is 5. The van der Waals surface area contributed by atoms with Crippen LogP contribution in [0.4, 0.5) is 5.69 Å². The van der Waals surface area contributed by atoms with Gasteiger partial charge in [-0.1, -0.05) is 13.3 Å². The van der Waals surface area contributed by atoms with Crippen molar-refractivity contribution in [1.82, 2.24) is 9.97 Å². The van der Waals surface area contributed by atoms with Crippen LogP contribution >= 0.6 is 0 Å². The molecule has 0 spiro atoms. The predicted molar refractivity (Wildman–Crippen MR) is 69.7 cm³/mol. The Kier molecular flexibility index (Phi) is 4.23. The molecule has 2 unspecified atom stereocenters. The standard InChI is InChI=1S/C13H21N3O2/c1-3-17-12-11(14)13(16-8-15-12)18-10-6-4-5-9(2)7-10/h8-10H,3-7,14H2,1-2H3. The zero-order valence-corrected chi connectivity index (χ0v) is 11.1. The molecule has 1 heterocycles. The maximum Gasteiger partial charge on any atom is 0.244 e. The van der Waals surface area contributed by atoms with Crippen LogP contribution in [0.2, 0.25) is 0 Å². The highest BCUT2D eigenvalue weighted by molar-refractivity contribution is 5.55. The molecule has 18 heavy (non-hydrogen) atoms. The molecule has 2 atom stereocenters. The van der Waals surface area contributed by atoms with E-state index in [2.05, 4.69) is 16.9 Å². The largest absolute Gasteiger partial charge is 0.476 e. The summed E-state index contributed by atoms with van der Waals surface area (Å²) in [7, 11) is 0. The van der Waals surface area contributed by atoms with Gasteiger partial charge in [-0.2, -0.15) is 9.97 Å². The van der Waals surface area contributed by atoms with Gasteiger partial charge in [-0.15, -0.1) is 0 Å². The number of nitrogens with two attached hydrogens (primary N) is 1. The van der Waals surface area contributed by atoms with E-state index in [1.165, 1.54) is 19.2 Å². The third-order valence-corrected chi connectivity index (χ3v) is 3.26. The number of nitrogens with zero attached hydrogens (tertiary/aromatic N) is 2. The summed E-state index contributed by atoms with van der Waals surface area (Å²) >= 11 is 0. The second kappa shape index (κ2) is 5.89. The maximum absolute atomic E-state index is 5.95. The molecule has 100 valence electrons. The number of rotatable bonds is 4. The Hall–Kier alpha value is -1.52. The van der Waals surface area contributed by atoms with Gasteiger partial charge in [0.25, 0.3) is 0 Å². The van der Waals surface area contributed by atoms with Crippen LogP contribution in [-0.4, -0.2) is 22.7 Å². The third kappa shape index (κ3) is 3.03. The Morgan fingerprint density at radius 2 is 2.11 bits per heavy atom. The van der Waals surface area contributed by atoms with Crippen LogP contribution in [0.25, 0.3) is 0 Å². The summed E-state index contributed by atoms with van der Waals surface area (Å²) in [6.07, 6.45) is 6.26. The molecule has 5 nitrogen and oxygen atoms in total. The second-order valence-corrected chi connectivity index (χ2v) is 4.84. The van der Waals surface area contributed by atoms with E-state index in [1.54, 1.807) is 0 Å². The minimum atomic E-state index is 0.209. The maximum atomic E-state index is 5.95. The zero-order chi connectivity index (χ0) is 13.0. The fourth-order valence-electron chi connectivity index (χ4n) is 2.35. The summed E-state index contributed by atoms with van der Waals surface area (Å²) in [4.78, 5) is 8.10. The molecule has 0 bridgehead atoms. The van der Waals surface area contributed by atoms with Crippen molar-refractivity contribution < 1.29 is 9.47 Å². The average Bonchev–Trinajstić information content (AvgIpc) is 2.35. The molecule has 0 aromatic carbocycles. The van der Waals surface area contributed by atoms with Crippen molar-refractivity contribution in [3.05, 3.63) is 6.33 Å². The fraction of sp³-hybridized carbons (Fsp3) is 0.692. The van der Waals surface area contributed by atoms with Gasteiger partial charge in [-0.25, -0.2) is 0 Å². The number of nitrogen functional groups attached to an aromatic ring is 1.